The van der Waals surface area contributed by atoms with Crippen LogP contribution >= 0.6 is 0 Å². The first-order valence-electron chi connectivity index (χ1n) is 12.1. The molecule has 0 aromatic heterocycles. The Morgan fingerprint density at radius 3 is 2.34 bits per heavy atom. The van der Waals surface area contributed by atoms with Gasteiger partial charge in [-0.3, -0.25) is 9.59 Å². The van der Waals surface area contributed by atoms with Gasteiger partial charge in [-0.05, 0) is 55.2 Å². The second-order valence-corrected chi connectivity index (χ2v) is 8.82. The summed E-state index contributed by atoms with van der Waals surface area (Å²) in [6, 6.07) is 11.2. The minimum atomic E-state index is -0.767. The molecule has 1 amide bonds. The fourth-order valence-electron chi connectivity index (χ4n) is 4.86. The largest absolute Gasteiger partial charge is 0.493 e. The molecule has 8 heteroatoms. The Bertz CT molecular complexity index is 1060. The van der Waals surface area contributed by atoms with Gasteiger partial charge in [-0.15, -0.1) is 0 Å². The van der Waals surface area contributed by atoms with Crippen LogP contribution in [0.15, 0.2) is 36.4 Å². The third-order valence-corrected chi connectivity index (χ3v) is 6.83. The number of esters is 1. The third-order valence-electron chi connectivity index (χ3n) is 6.83. The van der Waals surface area contributed by atoms with Crippen LogP contribution in [0.2, 0.25) is 0 Å². The number of methoxy groups -OCH3 is 2. The zero-order chi connectivity index (χ0) is 24.8. The van der Waals surface area contributed by atoms with Crippen LogP contribution in [0, 0.1) is 0 Å². The van der Waals surface area contributed by atoms with Crippen molar-refractivity contribution in [3.05, 3.63) is 47.5 Å². The van der Waals surface area contributed by atoms with Crippen molar-refractivity contribution >= 4 is 11.9 Å². The molecule has 4 rings (SSSR count). The Morgan fingerprint density at radius 2 is 1.66 bits per heavy atom. The maximum absolute atomic E-state index is 13.4. The summed E-state index contributed by atoms with van der Waals surface area (Å²) in [6.45, 7) is 3.45. The van der Waals surface area contributed by atoms with Crippen LogP contribution in [0.5, 0.6) is 23.0 Å². The lowest BCUT2D eigenvalue weighted by Crippen LogP contribution is -2.39. The lowest BCUT2D eigenvalue weighted by molar-refractivity contribution is -0.157. The average molecular weight is 484 g/mol. The summed E-state index contributed by atoms with van der Waals surface area (Å²) in [5.74, 6) is 1.96. The zero-order valence-electron chi connectivity index (χ0n) is 20.6. The van der Waals surface area contributed by atoms with Crippen molar-refractivity contribution in [3.8, 4) is 23.0 Å². The van der Waals surface area contributed by atoms with E-state index in [2.05, 4.69) is 0 Å². The maximum Gasteiger partial charge on any atom is 0.317 e. The van der Waals surface area contributed by atoms with Gasteiger partial charge in [0.2, 0.25) is 0 Å². The summed E-state index contributed by atoms with van der Waals surface area (Å²) in [7, 11) is 3.15. The molecule has 1 aliphatic heterocycles. The van der Waals surface area contributed by atoms with E-state index in [1.54, 1.807) is 19.1 Å². The van der Waals surface area contributed by atoms with Crippen LogP contribution in [-0.4, -0.2) is 57.4 Å². The van der Waals surface area contributed by atoms with Gasteiger partial charge in [0.15, 0.2) is 29.6 Å². The second-order valence-electron chi connectivity index (χ2n) is 8.82. The van der Waals surface area contributed by atoms with E-state index in [1.165, 1.54) is 0 Å². The molecule has 0 unspecified atom stereocenters. The molecule has 2 aromatic rings. The Balaban J connectivity index is 1.43. The normalized spacial score (nSPS) is 15.9. The number of rotatable bonds is 9. The summed E-state index contributed by atoms with van der Waals surface area (Å²) in [6.07, 6.45) is 3.22. The van der Waals surface area contributed by atoms with E-state index in [0.717, 1.165) is 24.0 Å². The van der Waals surface area contributed by atoms with E-state index >= 15 is 0 Å². The molecule has 0 saturated heterocycles. The van der Waals surface area contributed by atoms with Gasteiger partial charge in [0.05, 0.1) is 19.6 Å². The number of nitrogens with zero attached hydrogens (tertiary/aromatic N) is 1. The number of ether oxygens (including phenoxy) is 5. The molecular weight excluding hydrogens is 450 g/mol. The van der Waals surface area contributed by atoms with Gasteiger partial charge < -0.3 is 28.6 Å². The van der Waals surface area contributed by atoms with E-state index in [1.807, 2.05) is 43.3 Å². The lowest BCUT2D eigenvalue weighted by Gasteiger charge is -2.29. The van der Waals surface area contributed by atoms with Crippen molar-refractivity contribution in [2.45, 2.75) is 44.6 Å². The van der Waals surface area contributed by atoms with Crippen molar-refractivity contribution < 1.29 is 33.3 Å². The second kappa shape index (κ2) is 10.9. The molecule has 0 bridgehead atoms. The van der Waals surface area contributed by atoms with Crippen LogP contribution < -0.4 is 18.9 Å². The van der Waals surface area contributed by atoms with E-state index < -0.39 is 5.41 Å². The Kier molecular flexibility index (Phi) is 7.68. The fraction of sp³-hybridized carbons (Fsp3) is 0.481. The Morgan fingerprint density at radius 1 is 0.943 bits per heavy atom. The predicted molar refractivity (Wildman–Crippen MR) is 129 cm³/mol. The number of fused-ring (bicyclic) bond motifs is 1. The Labute approximate surface area is 206 Å². The monoisotopic (exact) mass is 483 g/mol. The van der Waals surface area contributed by atoms with Gasteiger partial charge in [0, 0.05) is 13.1 Å². The van der Waals surface area contributed by atoms with E-state index in [9.17, 15) is 9.59 Å². The molecule has 2 aromatic carbocycles. The first kappa shape index (κ1) is 24.7. The van der Waals surface area contributed by atoms with Gasteiger partial charge in [-0.25, -0.2) is 0 Å². The number of carbonyl (C=O) groups excluding carboxylic acids is 2. The predicted octanol–water partition coefficient (Wildman–Crippen LogP) is 3.88. The molecule has 0 radical (unpaired) electrons. The number of carbonyl (C=O) groups is 2. The summed E-state index contributed by atoms with van der Waals surface area (Å²) in [5.41, 5.74) is 0.985. The van der Waals surface area contributed by atoms with Crippen LogP contribution in [0.3, 0.4) is 0 Å². The average Bonchev–Trinajstić information content (AvgIpc) is 3.41. The highest BCUT2D eigenvalue weighted by molar-refractivity contribution is 5.87. The molecular formula is C27H33NO7. The molecule has 35 heavy (non-hydrogen) atoms. The van der Waals surface area contributed by atoms with Crippen molar-refractivity contribution in [3.63, 3.8) is 0 Å². The molecule has 1 fully saturated rings. The van der Waals surface area contributed by atoms with E-state index in [0.29, 0.717) is 62.1 Å². The van der Waals surface area contributed by atoms with Crippen molar-refractivity contribution in [2.24, 2.45) is 0 Å². The maximum atomic E-state index is 13.4. The number of hydrogen-bond donors (Lipinski definition) is 0. The van der Waals surface area contributed by atoms with Gasteiger partial charge >= 0.3 is 5.97 Å². The van der Waals surface area contributed by atoms with E-state index in [-0.39, 0.29) is 18.5 Å². The minimum Gasteiger partial charge on any atom is -0.493 e. The summed E-state index contributed by atoms with van der Waals surface area (Å²) < 4.78 is 27.6. The smallest absolute Gasteiger partial charge is 0.317 e. The highest BCUT2D eigenvalue weighted by Crippen LogP contribution is 2.45. The number of likely N-dealkylation sites (N-methyl/N-ethyl adjacent to an activating group) is 1. The van der Waals surface area contributed by atoms with Crippen molar-refractivity contribution in [1.29, 1.82) is 0 Å². The zero-order valence-corrected chi connectivity index (χ0v) is 20.6. The van der Waals surface area contributed by atoms with Crippen LogP contribution in [-0.2, 0) is 26.3 Å². The molecule has 1 heterocycles. The molecule has 1 aliphatic carbocycles. The van der Waals surface area contributed by atoms with Crippen molar-refractivity contribution in [1.82, 2.24) is 4.90 Å². The standard InChI is InChI=1S/C27H33NO7/c1-4-28(17-19-7-9-21(31-2)23(15-19)32-3)25(29)18-35-26(30)27(11-5-6-12-27)20-8-10-22-24(16-20)34-14-13-33-22/h7-10,15-16H,4-6,11-14,17-18H2,1-3H3. The molecule has 0 atom stereocenters. The number of hydrogen-bond acceptors (Lipinski definition) is 7. The summed E-state index contributed by atoms with van der Waals surface area (Å²) >= 11 is 0. The number of benzene rings is 2. The van der Waals surface area contributed by atoms with Gasteiger partial charge in [-0.2, -0.15) is 0 Å². The molecule has 8 nitrogen and oxygen atoms in total. The third kappa shape index (κ3) is 5.16. The molecule has 2 aliphatic rings. The molecule has 0 spiro atoms. The fourth-order valence-corrected chi connectivity index (χ4v) is 4.86. The SMILES string of the molecule is CCN(Cc1ccc(OC)c(OC)c1)C(=O)COC(=O)C1(c2ccc3c(c2)OCCO3)CCCC1. The first-order valence-corrected chi connectivity index (χ1v) is 12.1. The number of amides is 1. The van der Waals surface area contributed by atoms with Crippen LogP contribution in [0.25, 0.3) is 0 Å². The molecule has 188 valence electrons. The highest BCUT2D eigenvalue weighted by atomic mass is 16.6. The first-order chi connectivity index (χ1) is 17.0. The van der Waals surface area contributed by atoms with Crippen molar-refractivity contribution in [2.75, 3.05) is 40.6 Å². The lowest BCUT2D eigenvalue weighted by atomic mass is 9.78. The quantitative estimate of drug-likeness (QED) is 0.501. The van der Waals surface area contributed by atoms with Gasteiger partial charge in [-0.1, -0.05) is 25.0 Å². The minimum absolute atomic E-state index is 0.244. The van der Waals surface area contributed by atoms with Gasteiger partial charge in [0.1, 0.15) is 13.2 Å². The van der Waals surface area contributed by atoms with E-state index in [4.69, 9.17) is 23.7 Å². The highest BCUT2D eigenvalue weighted by Gasteiger charge is 2.45. The molecule has 0 N–H and O–H groups in total. The summed E-state index contributed by atoms with van der Waals surface area (Å²) in [5, 5.41) is 0. The Hall–Kier alpha value is -3.42. The van der Waals surface area contributed by atoms with Crippen LogP contribution in [0.4, 0.5) is 0 Å². The summed E-state index contributed by atoms with van der Waals surface area (Å²) in [4.78, 5) is 28.0. The van der Waals surface area contributed by atoms with Crippen LogP contribution in [0.1, 0.15) is 43.7 Å². The molecule has 1 saturated carbocycles. The van der Waals surface area contributed by atoms with Gasteiger partial charge in [0.25, 0.3) is 5.91 Å². The topological polar surface area (TPSA) is 83.5 Å².